The van der Waals surface area contributed by atoms with Crippen LogP contribution in [-0.4, -0.2) is 85.3 Å². The molecule has 1 N–H and O–H groups in total. The van der Waals surface area contributed by atoms with Crippen LogP contribution < -0.4 is 0 Å². The molecule has 2 heterocycles. The zero-order valence-corrected chi connectivity index (χ0v) is 10.7. The van der Waals surface area contributed by atoms with E-state index in [1.54, 1.807) is 0 Å². The number of likely N-dealkylation sites (tertiary alicyclic amines) is 1. The Labute approximate surface area is 104 Å². The van der Waals surface area contributed by atoms with E-state index in [0.29, 0.717) is 0 Å². The molecule has 0 radical (unpaired) electrons. The van der Waals surface area contributed by atoms with E-state index in [4.69, 9.17) is 5.11 Å². The van der Waals surface area contributed by atoms with Crippen molar-refractivity contribution in [2.75, 3.05) is 65.5 Å². The molecule has 2 aliphatic rings. The Bertz CT molecular complexity index is 233. The SMILES string of the molecule is C=CC1CN(CCN2CCN(CCO)CC2)C1. The summed E-state index contributed by atoms with van der Waals surface area (Å²) in [4.78, 5) is 7.38. The van der Waals surface area contributed by atoms with Crippen LogP contribution in [0, 0.1) is 5.92 Å². The zero-order chi connectivity index (χ0) is 12.1. The van der Waals surface area contributed by atoms with Crippen molar-refractivity contribution in [1.82, 2.24) is 14.7 Å². The average molecular weight is 239 g/mol. The van der Waals surface area contributed by atoms with Gasteiger partial charge in [-0.05, 0) is 0 Å². The third-order valence-electron chi connectivity index (χ3n) is 3.93. The van der Waals surface area contributed by atoms with Gasteiger partial charge in [-0.3, -0.25) is 9.80 Å². The van der Waals surface area contributed by atoms with Gasteiger partial charge in [0, 0.05) is 64.8 Å². The summed E-state index contributed by atoms with van der Waals surface area (Å²) in [6.45, 7) is 14.3. The number of aliphatic hydroxyl groups excluding tert-OH is 1. The minimum absolute atomic E-state index is 0.288. The van der Waals surface area contributed by atoms with Crippen LogP contribution in [0.3, 0.4) is 0 Å². The van der Waals surface area contributed by atoms with Gasteiger partial charge in [0.1, 0.15) is 0 Å². The number of piperazine rings is 1. The third-order valence-corrected chi connectivity index (χ3v) is 3.93. The average Bonchev–Trinajstić information content (AvgIpc) is 2.30. The van der Waals surface area contributed by atoms with Crippen molar-refractivity contribution >= 4 is 0 Å². The lowest BCUT2D eigenvalue weighted by Crippen LogP contribution is -2.52. The number of β-amino-alcohol motifs (C(OH)–C–C–N with tert-alkyl or cyclic N) is 1. The van der Waals surface area contributed by atoms with Gasteiger partial charge in [0.2, 0.25) is 0 Å². The molecule has 0 aliphatic carbocycles. The summed E-state index contributed by atoms with van der Waals surface area (Å²) in [7, 11) is 0. The minimum Gasteiger partial charge on any atom is -0.395 e. The second-order valence-corrected chi connectivity index (χ2v) is 5.16. The van der Waals surface area contributed by atoms with E-state index >= 15 is 0 Å². The van der Waals surface area contributed by atoms with Gasteiger partial charge < -0.3 is 10.0 Å². The van der Waals surface area contributed by atoms with Crippen molar-refractivity contribution in [3.05, 3.63) is 12.7 Å². The molecule has 0 aromatic carbocycles. The Morgan fingerprint density at radius 2 is 1.47 bits per heavy atom. The maximum Gasteiger partial charge on any atom is 0.0558 e. The fourth-order valence-electron chi connectivity index (χ4n) is 2.60. The molecule has 0 aromatic heterocycles. The predicted molar refractivity (Wildman–Crippen MR) is 70.1 cm³/mol. The number of rotatable bonds is 6. The standard InChI is InChI=1S/C13H25N3O/c1-2-13-11-16(12-13)8-7-14-3-5-15(6-4-14)9-10-17/h2,13,17H,1,3-12H2. The summed E-state index contributed by atoms with van der Waals surface area (Å²) in [5, 5.41) is 8.88. The van der Waals surface area contributed by atoms with Gasteiger partial charge in [-0.15, -0.1) is 6.58 Å². The third kappa shape index (κ3) is 3.78. The van der Waals surface area contributed by atoms with Gasteiger partial charge in [0.25, 0.3) is 0 Å². The van der Waals surface area contributed by atoms with Crippen LogP contribution in [0.25, 0.3) is 0 Å². The van der Waals surface area contributed by atoms with Crippen LogP contribution in [0.5, 0.6) is 0 Å². The van der Waals surface area contributed by atoms with E-state index < -0.39 is 0 Å². The van der Waals surface area contributed by atoms with Crippen LogP contribution in [0.4, 0.5) is 0 Å². The Hall–Kier alpha value is -0.420. The van der Waals surface area contributed by atoms with Crippen molar-refractivity contribution in [2.24, 2.45) is 5.92 Å². The molecule has 0 saturated carbocycles. The van der Waals surface area contributed by atoms with Gasteiger partial charge in [-0.1, -0.05) is 6.08 Å². The lowest BCUT2D eigenvalue weighted by molar-refractivity contribution is 0.0789. The summed E-state index contributed by atoms with van der Waals surface area (Å²) in [6.07, 6.45) is 2.07. The topological polar surface area (TPSA) is 30.0 Å². The highest BCUT2D eigenvalue weighted by Crippen LogP contribution is 2.15. The Balaban J connectivity index is 1.54. The molecule has 2 saturated heterocycles. The summed E-state index contributed by atoms with van der Waals surface area (Å²) in [6, 6.07) is 0. The molecule has 4 heteroatoms. The smallest absolute Gasteiger partial charge is 0.0558 e. The zero-order valence-electron chi connectivity index (χ0n) is 10.7. The molecule has 0 bridgehead atoms. The van der Waals surface area contributed by atoms with Gasteiger partial charge >= 0.3 is 0 Å². The molecular formula is C13H25N3O. The molecule has 4 nitrogen and oxygen atoms in total. The second-order valence-electron chi connectivity index (χ2n) is 5.16. The van der Waals surface area contributed by atoms with Crippen LogP contribution in [0.2, 0.25) is 0 Å². The minimum atomic E-state index is 0.288. The fraction of sp³-hybridized carbons (Fsp3) is 0.846. The molecule has 2 aliphatic heterocycles. The van der Waals surface area contributed by atoms with E-state index in [-0.39, 0.29) is 6.61 Å². The highest BCUT2D eigenvalue weighted by Gasteiger charge is 2.24. The first-order valence-electron chi connectivity index (χ1n) is 6.72. The number of aliphatic hydroxyl groups is 1. The lowest BCUT2D eigenvalue weighted by Gasteiger charge is -2.40. The van der Waals surface area contributed by atoms with Crippen molar-refractivity contribution < 1.29 is 5.11 Å². The highest BCUT2D eigenvalue weighted by molar-refractivity contribution is 4.91. The Kier molecular flexibility index (Phi) is 4.98. The normalized spacial score (nSPS) is 24.8. The van der Waals surface area contributed by atoms with Crippen molar-refractivity contribution in [3.63, 3.8) is 0 Å². The second kappa shape index (κ2) is 6.50. The van der Waals surface area contributed by atoms with Crippen LogP contribution >= 0.6 is 0 Å². The van der Waals surface area contributed by atoms with Crippen molar-refractivity contribution in [3.8, 4) is 0 Å². The van der Waals surface area contributed by atoms with Crippen molar-refractivity contribution in [2.45, 2.75) is 0 Å². The summed E-state index contributed by atoms with van der Waals surface area (Å²) >= 11 is 0. The molecule has 17 heavy (non-hydrogen) atoms. The molecule has 0 spiro atoms. The molecule has 0 aromatic rings. The van der Waals surface area contributed by atoms with E-state index in [1.807, 2.05) is 0 Å². The van der Waals surface area contributed by atoms with Crippen LogP contribution in [0.1, 0.15) is 0 Å². The predicted octanol–water partition coefficient (Wildman–Crippen LogP) is -0.286. The summed E-state index contributed by atoms with van der Waals surface area (Å²) in [5.41, 5.74) is 0. The first-order valence-corrected chi connectivity index (χ1v) is 6.72. The molecule has 0 amide bonds. The van der Waals surface area contributed by atoms with Gasteiger partial charge in [-0.2, -0.15) is 0 Å². The van der Waals surface area contributed by atoms with Gasteiger partial charge in [0.05, 0.1) is 6.61 Å². The van der Waals surface area contributed by atoms with Gasteiger partial charge in [0.15, 0.2) is 0 Å². The monoisotopic (exact) mass is 239 g/mol. The Morgan fingerprint density at radius 1 is 0.941 bits per heavy atom. The molecule has 2 fully saturated rings. The Morgan fingerprint density at radius 3 is 2.00 bits per heavy atom. The van der Waals surface area contributed by atoms with Gasteiger partial charge in [-0.25, -0.2) is 0 Å². The molecule has 0 unspecified atom stereocenters. The maximum atomic E-state index is 8.88. The summed E-state index contributed by atoms with van der Waals surface area (Å²) in [5.74, 6) is 0.733. The molecule has 2 rings (SSSR count). The van der Waals surface area contributed by atoms with E-state index in [2.05, 4.69) is 27.4 Å². The molecule has 98 valence electrons. The molecular weight excluding hydrogens is 214 g/mol. The van der Waals surface area contributed by atoms with Crippen LogP contribution in [-0.2, 0) is 0 Å². The molecule has 0 atom stereocenters. The lowest BCUT2D eigenvalue weighted by atomic mass is 10.0. The largest absolute Gasteiger partial charge is 0.395 e. The quantitative estimate of drug-likeness (QED) is 0.646. The number of hydrogen-bond acceptors (Lipinski definition) is 4. The fourth-order valence-corrected chi connectivity index (χ4v) is 2.60. The number of nitrogens with zero attached hydrogens (tertiary/aromatic N) is 3. The van der Waals surface area contributed by atoms with Crippen molar-refractivity contribution in [1.29, 1.82) is 0 Å². The van der Waals surface area contributed by atoms with E-state index in [1.165, 1.54) is 26.2 Å². The maximum absolute atomic E-state index is 8.88. The first kappa shape index (κ1) is 13.0. The van der Waals surface area contributed by atoms with E-state index in [9.17, 15) is 0 Å². The van der Waals surface area contributed by atoms with Crippen LogP contribution in [0.15, 0.2) is 12.7 Å². The first-order chi connectivity index (χ1) is 8.31. The highest BCUT2D eigenvalue weighted by atomic mass is 16.3. The summed E-state index contributed by atoms with van der Waals surface area (Å²) < 4.78 is 0. The number of hydrogen-bond donors (Lipinski definition) is 1. The van der Waals surface area contributed by atoms with E-state index in [0.717, 1.165) is 38.6 Å².